The molecular weight excluding hydrogens is 251 g/mol. The summed E-state index contributed by atoms with van der Waals surface area (Å²) in [7, 11) is 0. The number of fused-ring (bicyclic) bond motifs is 1. The molecule has 0 amide bonds. The van der Waals surface area contributed by atoms with E-state index in [1.54, 1.807) is 12.1 Å². The number of rotatable bonds is 4. The first-order chi connectivity index (χ1) is 8.67. The van der Waals surface area contributed by atoms with Crippen molar-refractivity contribution in [2.24, 2.45) is 23.6 Å². The van der Waals surface area contributed by atoms with Crippen LogP contribution in [0.25, 0.3) is 0 Å². The molecule has 98 valence electrons. The molecule has 3 atom stereocenters. The maximum absolute atomic E-state index is 13.7. The van der Waals surface area contributed by atoms with E-state index in [9.17, 15) is 4.39 Å². The molecule has 1 aromatic rings. The minimum absolute atomic E-state index is 0.158. The summed E-state index contributed by atoms with van der Waals surface area (Å²) < 4.78 is 13.7. The molecule has 0 heterocycles. The predicted octanol–water partition coefficient (Wildman–Crippen LogP) is 2.90. The summed E-state index contributed by atoms with van der Waals surface area (Å²) in [5, 5.41) is 0.580. The number of hydrogen-bond donors (Lipinski definition) is 2. The Balaban J connectivity index is 1.70. The van der Waals surface area contributed by atoms with Gasteiger partial charge in [0.1, 0.15) is 5.82 Å². The topological polar surface area (TPSA) is 38.0 Å². The molecule has 4 heteroatoms. The van der Waals surface area contributed by atoms with Crippen molar-refractivity contribution in [2.45, 2.75) is 31.7 Å². The second-order valence-electron chi connectivity index (χ2n) is 5.70. The molecule has 3 rings (SSSR count). The van der Waals surface area contributed by atoms with Crippen LogP contribution in [-0.2, 0) is 6.42 Å². The lowest BCUT2D eigenvalue weighted by molar-refractivity contribution is 0.333. The fourth-order valence-electron chi connectivity index (χ4n) is 3.39. The van der Waals surface area contributed by atoms with E-state index in [0.29, 0.717) is 22.9 Å². The smallest absolute Gasteiger partial charge is 0.126 e. The van der Waals surface area contributed by atoms with Gasteiger partial charge in [0.15, 0.2) is 0 Å². The Kier molecular flexibility index (Phi) is 3.31. The summed E-state index contributed by atoms with van der Waals surface area (Å²) in [5.74, 6) is 7.86. The molecule has 2 fully saturated rings. The van der Waals surface area contributed by atoms with Gasteiger partial charge in [0.05, 0.1) is 0 Å². The van der Waals surface area contributed by atoms with Crippen molar-refractivity contribution in [3.63, 3.8) is 0 Å². The predicted molar refractivity (Wildman–Crippen MR) is 70.5 cm³/mol. The quantitative estimate of drug-likeness (QED) is 0.651. The Bertz CT molecular complexity index is 441. The maximum Gasteiger partial charge on any atom is 0.126 e. The second kappa shape index (κ2) is 4.80. The van der Waals surface area contributed by atoms with Crippen LogP contribution in [0.1, 0.15) is 24.8 Å². The maximum atomic E-state index is 13.7. The van der Waals surface area contributed by atoms with Crippen LogP contribution in [0.2, 0.25) is 5.02 Å². The van der Waals surface area contributed by atoms with Crippen LogP contribution in [0, 0.1) is 23.6 Å². The molecular formula is C14H18ClFN2. The number of hydrogen-bond acceptors (Lipinski definition) is 2. The summed E-state index contributed by atoms with van der Waals surface area (Å²) >= 11 is 5.92. The van der Waals surface area contributed by atoms with Crippen LogP contribution < -0.4 is 11.3 Å². The molecule has 0 aliphatic heterocycles. The molecule has 18 heavy (non-hydrogen) atoms. The van der Waals surface area contributed by atoms with Gasteiger partial charge in [-0.05, 0) is 67.2 Å². The third-order valence-electron chi connectivity index (χ3n) is 4.51. The third-order valence-corrected chi connectivity index (χ3v) is 4.75. The lowest BCUT2D eigenvalue weighted by atomic mass is 9.90. The largest absolute Gasteiger partial charge is 0.271 e. The fourth-order valence-corrected chi connectivity index (χ4v) is 3.58. The van der Waals surface area contributed by atoms with Gasteiger partial charge in [-0.25, -0.2) is 4.39 Å². The van der Waals surface area contributed by atoms with Gasteiger partial charge in [-0.1, -0.05) is 11.6 Å². The van der Waals surface area contributed by atoms with Crippen LogP contribution in [0.4, 0.5) is 4.39 Å². The average molecular weight is 269 g/mol. The highest BCUT2D eigenvalue weighted by Gasteiger charge is 2.47. The SMILES string of the molecule is NNC(Cc1cc(Cl)ccc1F)C1CC2CC2C1. The van der Waals surface area contributed by atoms with Crippen molar-refractivity contribution in [3.8, 4) is 0 Å². The zero-order chi connectivity index (χ0) is 12.7. The Labute approximate surface area is 112 Å². The summed E-state index contributed by atoms with van der Waals surface area (Å²) in [6.07, 6.45) is 4.48. The Morgan fingerprint density at radius 2 is 2.06 bits per heavy atom. The molecule has 2 saturated carbocycles. The zero-order valence-electron chi connectivity index (χ0n) is 10.2. The molecule has 3 N–H and O–H groups in total. The number of hydrazine groups is 1. The van der Waals surface area contributed by atoms with Crippen molar-refractivity contribution in [1.29, 1.82) is 0 Å². The number of benzene rings is 1. The fraction of sp³-hybridized carbons (Fsp3) is 0.571. The Morgan fingerprint density at radius 1 is 1.33 bits per heavy atom. The van der Waals surface area contributed by atoms with Crippen LogP contribution in [0.3, 0.4) is 0 Å². The average Bonchev–Trinajstić information content (AvgIpc) is 2.97. The Hall–Kier alpha value is -0.640. The molecule has 0 spiro atoms. The molecule has 2 aliphatic carbocycles. The summed E-state index contributed by atoms with van der Waals surface area (Å²) in [6.45, 7) is 0. The van der Waals surface area contributed by atoms with Gasteiger partial charge < -0.3 is 0 Å². The molecule has 0 radical (unpaired) electrons. The molecule has 0 bridgehead atoms. The van der Waals surface area contributed by atoms with Crippen LogP contribution >= 0.6 is 11.6 Å². The lowest BCUT2D eigenvalue weighted by Crippen LogP contribution is -2.42. The number of nitrogens with two attached hydrogens (primary N) is 1. The zero-order valence-corrected chi connectivity index (χ0v) is 11.0. The van der Waals surface area contributed by atoms with E-state index in [1.165, 1.54) is 25.3 Å². The van der Waals surface area contributed by atoms with Gasteiger partial charge in [0.25, 0.3) is 0 Å². The van der Waals surface area contributed by atoms with E-state index in [4.69, 9.17) is 17.4 Å². The highest BCUT2D eigenvalue weighted by atomic mass is 35.5. The number of nitrogens with one attached hydrogen (secondary N) is 1. The van der Waals surface area contributed by atoms with E-state index in [0.717, 1.165) is 11.8 Å². The normalized spacial score (nSPS) is 31.2. The first-order valence-corrected chi connectivity index (χ1v) is 6.95. The van der Waals surface area contributed by atoms with E-state index in [-0.39, 0.29) is 11.9 Å². The minimum Gasteiger partial charge on any atom is -0.271 e. The van der Waals surface area contributed by atoms with Crippen molar-refractivity contribution < 1.29 is 4.39 Å². The van der Waals surface area contributed by atoms with Gasteiger partial charge in [0, 0.05) is 11.1 Å². The lowest BCUT2D eigenvalue weighted by Gasteiger charge is -2.24. The monoisotopic (exact) mass is 268 g/mol. The van der Waals surface area contributed by atoms with Gasteiger partial charge in [-0.3, -0.25) is 11.3 Å². The highest BCUT2D eigenvalue weighted by Crippen LogP contribution is 2.55. The molecule has 3 unspecified atom stereocenters. The summed E-state index contributed by atoms with van der Waals surface area (Å²) in [6, 6.07) is 4.87. The van der Waals surface area contributed by atoms with E-state index in [2.05, 4.69) is 5.43 Å². The van der Waals surface area contributed by atoms with Crippen molar-refractivity contribution in [2.75, 3.05) is 0 Å². The summed E-state index contributed by atoms with van der Waals surface area (Å²) in [4.78, 5) is 0. The van der Waals surface area contributed by atoms with Crippen molar-refractivity contribution in [3.05, 3.63) is 34.6 Å². The van der Waals surface area contributed by atoms with Crippen LogP contribution in [0.5, 0.6) is 0 Å². The third kappa shape index (κ3) is 2.40. The van der Waals surface area contributed by atoms with Gasteiger partial charge in [-0.2, -0.15) is 0 Å². The molecule has 0 aromatic heterocycles. The van der Waals surface area contributed by atoms with Gasteiger partial charge in [-0.15, -0.1) is 0 Å². The first kappa shape index (κ1) is 12.4. The standard InChI is InChI=1S/C14H18ClFN2/c15-12-1-2-13(16)10(6-12)7-14(18-17)11-4-8-3-9(8)5-11/h1-2,6,8-9,11,14,18H,3-5,7,17H2. The van der Waals surface area contributed by atoms with Crippen molar-refractivity contribution >= 4 is 11.6 Å². The Morgan fingerprint density at radius 3 is 2.72 bits per heavy atom. The molecule has 2 nitrogen and oxygen atoms in total. The van der Waals surface area contributed by atoms with E-state index >= 15 is 0 Å². The van der Waals surface area contributed by atoms with E-state index in [1.807, 2.05) is 0 Å². The second-order valence-corrected chi connectivity index (χ2v) is 6.14. The van der Waals surface area contributed by atoms with Gasteiger partial charge >= 0.3 is 0 Å². The molecule has 1 aromatic carbocycles. The van der Waals surface area contributed by atoms with Crippen molar-refractivity contribution in [1.82, 2.24) is 5.43 Å². The van der Waals surface area contributed by atoms with Crippen LogP contribution in [-0.4, -0.2) is 6.04 Å². The number of halogens is 2. The minimum atomic E-state index is -0.192. The van der Waals surface area contributed by atoms with Gasteiger partial charge in [0.2, 0.25) is 0 Å². The highest BCUT2D eigenvalue weighted by molar-refractivity contribution is 6.30. The molecule has 0 saturated heterocycles. The van der Waals surface area contributed by atoms with E-state index < -0.39 is 0 Å². The molecule has 2 aliphatic rings. The first-order valence-electron chi connectivity index (χ1n) is 6.57. The van der Waals surface area contributed by atoms with Crippen LogP contribution in [0.15, 0.2) is 18.2 Å². The summed E-state index contributed by atoms with van der Waals surface area (Å²) in [5.41, 5.74) is 3.53.